The average Bonchev–Trinajstić information content (AvgIpc) is 3.74. The van der Waals surface area contributed by atoms with Gasteiger partial charge in [0.25, 0.3) is 0 Å². The van der Waals surface area contributed by atoms with Crippen molar-refractivity contribution in [2.45, 2.75) is 19.3 Å². The van der Waals surface area contributed by atoms with Gasteiger partial charge in [-0.1, -0.05) is 135 Å². The Kier molecular flexibility index (Phi) is 7.41. The lowest BCUT2D eigenvalue weighted by Crippen LogP contribution is -2.15. The van der Waals surface area contributed by atoms with Crippen LogP contribution in [-0.4, -0.2) is 24.5 Å². The third kappa shape index (κ3) is 5.32. The number of nitrogens with zero attached hydrogens (tertiary/aromatic N) is 5. The van der Waals surface area contributed by atoms with Crippen LogP contribution >= 0.6 is 0 Å². The fraction of sp³-hybridized carbons (Fsp3) is 0.0612. The first-order valence-corrected chi connectivity index (χ1v) is 18.3. The Morgan fingerprint density at radius 2 is 0.944 bits per heavy atom. The van der Waals surface area contributed by atoms with Gasteiger partial charge in [0.15, 0.2) is 17.5 Å². The average molecular weight is 694 g/mol. The summed E-state index contributed by atoms with van der Waals surface area (Å²) in [7, 11) is 0. The fourth-order valence-corrected chi connectivity index (χ4v) is 7.99. The maximum atomic E-state index is 5.02. The van der Waals surface area contributed by atoms with E-state index in [2.05, 4.69) is 115 Å². The van der Waals surface area contributed by atoms with Crippen LogP contribution in [-0.2, 0) is 5.41 Å². The predicted octanol–water partition coefficient (Wildman–Crippen LogP) is 11.9. The molecule has 0 fully saturated rings. The normalized spacial score (nSPS) is 12.8. The van der Waals surface area contributed by atoms with Gasteiger partial charge < -0.3 is 4.57 Å². The highest BCUT2D eigenvalue weighted by Crippen LogP contribution is 2.50. The summed E-state index contributed by atoms with van der Waals surface area (Å²) >= 11 is 0. The molecule has 1 aliphatic carbocycles. The van der Waals surface area contributed by atoms with Crippen LogP contribution in [0.3, 0.4) is 0 Å². The molecule has 0 N–H and O–H groups in total. The SMILES string of the molecule is CC1(C)c2cc(-c3cccc(-c4cn(-c5ccncc5)c5ccccc45)c3)ccc2-c2ccc(-c3nc(-c4ccccc4)nc(-c4ccccc4)n3)cc21. The summed E-state index contributed by atoms with van der Waals surface area (Å²) in [6.45, 7) is 4.65. The van der Waals surface area contributed by atoms with Crippen molar-refractivity contribution < 1.29 is 0 Å². The maximum Gasteiger partial charge on any atom is 0.164 e. The van der Waals surface area contributed by atoms with Gasteiger partial charge in [0.1, 0.15) is 0 Å². The Morgan fingerprint density at radius 1 is 0.426 bits per heavy atom. The lowest BCUT2D eigenvalue weighted by atomic mass is 9.81. The Labute approximate surface area is 314 Å². The molecule has 0 amide bonds. The van der Waals surface area contributed by atoms with Crippen LogP contribution in [0.4, 0.5) is 0 Å². The van der Waals surface area contributed by atoms with Gasteiger partial charge in [-0.25, -0.2) is 15.0 Å². The molecule has 0 unspecified atom stereocenters. The number of para-hydroxylation sites is 1. The van der Waals surface area contributed by atoms with Gasteiger partial charge >= 0.3 is 0 Å². The van der Waals surface area contributed by atoms with Crippen LogP contribution < -0.4 is 0 Å². The molecule has 6 aromatic carbocycles. The van der Waals surface area contributed by atoms with E-state index in [-0.39, 0.29) is 5.41 Å². The first-order valence-electron chi connectivity index (χ1n) is 18.3. The first kappa shape index (κ1) is 31.7. The largest absolute Gasteiger partial charge is 0.316 e. The molecule has 256 valence electrons. The highest BCUT2D eigenvalue weighted by atomic mass is 15.0. The molecule has 5 heteroatoms. The van der Waals surface area contributed by atoms with Gasteiger partial charge in [-0.15, -0.1) is 0 Å². The van der Waals surface area contributed by atoms with E-state index in [0.717, 1.165) is 22.4 Å². The quantitative estimate of drug-likeness (QED) is 0.174. The van der Waals surface area contributed by atoms with E-state index in [1.165, 1.54) is 55.4 Å². The molecule has 10 rings (SSSR count). The molecule has 0 spiro atoms. The van der Waals surface area contributed by atoms with Gasteiger partial charge in [0.2, 0.25) is 0 Å². The van der Waals surface area contributed by atoms with Crippen molar-refractivity contribution in [2.75, 3.05) is 0 Å². The molecule has 3 heterocycles. The molecule has 3 aromatic heterocycles. The highest BCUT2D eigenvalue weighted by Gasteiger charge is 2.36. The number of hydrogen-bond acceptors (Lipinski definition) is 4. The predicted molar refractivity (Wildman–Crippen MR) is 219 cm³/mol. The Balaban J connectivity index is 1.03. The molecule has 54 heavy (non-hydrogen) atoms. The second-order valence-electron chi connectivity index (χ2n) is 14.4. The van der Waals surface area contributed by atoms with Crippen molar-refractivity contribution >= 4 is 10.9 Å². The van der Waals surface area contributed by atoms with E-state index in [0.29, 0.717) is 17.5 Å². The third-order valence-electron chi connectivity index (χ3n) is 10.8. The number of aromatic nitrogens is 5. The summed E-state index contributed by atoms with van der Waals surface area (Å²) in [5, 5.41) is 1.22. The smallest absolute Gasteiger partial charge is 0.164 e. The molecular weight excluding hydrogens is 659 g/mol. The van der Waals surface area contributed by atoms with Crippen LogP contribution in [0.2, 0.25) is 0 Å². The van der Waals surface area contributed by atoms with Crippen molar-refractivity contribution in [1.29, 1.82) is 0 Å². The highest BCUT2D eigenvalue weighted by molar-refractivity contribution is 5.98. The number of benzene rings is 6. The minimum Gasteiger partial charge on any atom is -0.316 e. The fourth-order valence-electron chi connectivity index (χ4n) is 7.99. The Bertz CT molecular complexity index is 2780. The van der Waals surface area contributed by atoms with E-state index in [4.69, 9.17) is 15.0 Å². The van der Waals surface area contributed by atoms with E-state index in [9.17, 15) is 0 Å². The molecule has 0 atom stereocenters. The van der Waals surface area contributed by atoms with Gasteiger partial charge in [-0.05, 0) is 75.3 Å². The van der Waals surface area contributed by atoms with E-state index in [1.54, 1.807) is 0 Å². The minimum absolute atomic E-state index is 0.232. The zero-order chi connectivity index (χ0) is 36.2. The zero-order valence-corrected chi connectivity index (χ0v) is 30.0. The molecule has 5 nitrogen and oxygen atoms in total. The topological polar surface area (TPSA) is 56.5 Å². The van der Waals surface area contributed by atoms with Gasteiger partial charge in [-0.3, -0.25) is 4.98 Å². The monoisotopic (exact) mass is 693 g/mol. The van der Waals surface area contributed by atoms with Crippen LogP contribution in [0, 0.1) is 0 Å². The molecule has 9 aromatic rings. The van der Waals surface area contributed by atoms with Crippen LogP contribution in [0.5, 0.6) is 0 Å². The number of rotatable bonds is 6. The maximum absolute atomic E-state index is 5.02. The Morgan fingerprint density at radius 3 is 1.61 bits per heavy atom. The van der Waals surface area contributed by atoms with Crippen molar-refractivity contribution in [1.82, 2.24) is 24.5 Å². The number of fused-ring (bicyclic) bond motifs is 4. The molecule has 0 saturated heterocycles. The van der Waals surface area contributed by atoms with E-state index >= 15 is 0 Å². The van der Waals surface area contributed by atoms with Gasteiger partial charge in [-0.2, -0.15) is 0 Å². The Hall–Kier alpha value is -6.98. The van der Waals surface area contributed by atoms with Crippen molar-refractivity contribution in [3.63, 3.8) is 0 Å². The zero-order valence-electron chi connectivity index (χ0n) is 30.0. The van der Waals surface area contributed by atoms with E-state index < -0.39 is 0 Å². The second kappa shape index (κ2) is 12.6. The molecular formula is C49H35N5. The lowest BCUT2D eigenvalue weighted by Gasteiger charge is -2.22. The molecule has 0 radical (unpaired) electrons. The van der Waals surface area contributed by atoms with Crippen molar-refractivity contribution in [2.24, 2.45) is 0 Å². The summed E-state index contributed by atoms with van der Waals surface area (Å²) in [4.78, 5) is 19.2. The first-order chi connectivity index (χ1) is 26.5. The van der Waals surface area contributed by atoms with Crippen molar-refractivity contribution in [3.05, 3.63) is 187 Å². The van der Waals surface area contributed by atoms with Crippen LogP contribution in [0.25, 0.3) is 84.1 Å². The van der Waals surface area contributed by atoms with E-state index in [1.807, 2.05) is 85.2 Å². The van der Waals surface area contributed by atoms with Crippen LogP contribution in [0.1, 0.15) is 25.0 Å². The standard InChI is InChI=1S/C49H35N5/c1-49(2)43-29-35(34-16-11-17-36(28-34)42-31-54(38-24-26-50-27-25-38)45-19-10-9-18-41(42)45)20-22-39(43)40-23-21-37(30-44(40)49)48-52-46(32-12-5-3-6-13-32)51-47(53-48)33-14-7-4-8-15-33/h3-31H,1-2H3. The van der Waals surface area contributed by atoms with Gasteiger partial charge in [0, 0.05) is 57.3 Å². The second-order valence-corrected chi connectivity index (χ2v) is 14.4. The molecule has 0 saturated carbocycles. The summed E-state index contributed by atoms with van der Waals surface area (Å²) < 4.78 is 2.25. The summed E-state index contributed by atoms with van der Waals surface area (Å²) in [6.07, 6.45) is 5.93. The number of pyridine rings is 1. The summed E-state index contributed by atoms with van der Waals surface area (Å²) in [5.41, 5.74) is 14.8. The third-order valence-corrected chi connectivity index (χ3v) is 10.8. The molecule has 0 bridgehead atoms. The molecule has 0 aliphatic heterocycles. The lowest BCUT2D eigenvalue weighted by molar-refractivity contribution is 0.661. The minimum atomic E-state index is -0.232. The summed E-state index contributed by atoms with van der Waals surface area (Å²) in [5.74, 6) is 1.99. The summed E-state index contributed by atoms with van der Waals surface area (Å²) in [6, 6.07) is 55.5. The molecule has 1 aliphatic rings. The number of hydrogen-bond donors (Lipinski definition) is 0. The van der Waals surface area contributed by atoms with Crippen LogP contribution in [0.15, 0.2) is 176 Å². The van der Waals surface area contributed by atoms with Gasteiger partial charge in [0.05, 0.1) is 5.52 Å². The van der Waals surface area contributed by atoms with Crippen molar-refractivity contribution in [3.8, 4) is 73.2 Å².